The van der Waals surface area contributed by atoms with Crippen molar-refractivity contribution in [3.8, 4) is 5.75 Å². The van der Waals surface area contributed by atoms with Crippen LogP contribution < -0.4 is 10.1 Å². The third-order valence-electron chi connectivity index (χ3n) is 3.18. The van der Waals surface area contributed by atoms with Crippen molar-refractivity contribution < 1.29 is 4.74 Å². The third-order valence-corrected chi connectivity index (χ3v) is 3.73. The molecule has 114 valence electrons. The van der Waals surface area contributed by atoms with Crippen LogP contribution in [0.3, 0.4) is 0 Å². The van der Waals surface area contributed by atoms with Crippen LogP contribution in [0, 0.1) is 0 Å². The number of rotatable bonds is 6. The molecule has 0 saturated heterocycles. The maximum atomic E-state index is 6.27. The van der Waals surface area contributed by atoms with E-state index in [0.717, 1.165) is 11.4 Å². The van der Waals surface area contributed by atoms with Crippen LogP contribution in [0.15, 0.2) is 30.5 Å². The summed E-state index contributed by atoms with van der Waals surface area (Å²) in [7, 11) is 1.88. The molecular weight excluding hydrogens is 309 g/mol. The van der Waals surface area contributed by atoms with Crippen LogP contribution >= 0.6 is 23.2 Å². The highest BCUT2D eigenvalue weighted by Gasteiger charge is 2.21. The number of hydrogen-bond acceptors (Lipinski definition) is 3. The minimum Gasteiger partial charge on any atom is -0.492 e. The molecule has 0 aliphatic rings. The Morgan fingerprint density at radius 1 is 1.24 bits per heavy atom. The Morgan fingerprint density at radius 3 is 2.48 bits per heavy atom. The normalized spacial score (nSPS) is 12.7. The molecule has 1 heterocycles. The molecule has 0 fully saturated rings. The van der Waals surface area contributed by atoms with E-state index in [9.17, 15) is 0 Å². The second-order valence-electron chi connectivity index (χ2n) is 5.02. The van der Waals surface area contributed by atoms with Crippen molar-refractivity contribution in [2.24, 2.45) is 0 Å². The highest BCUT2D eigenvalue weighted by Crippen LogP contribution is 2.26. The van der Waals surface area contributed by atoms with Gasteiger partial charge in [0.25, 0.3) is 0 Å². The van der Waals surface area contributed by atoms with E-state index in [1.54, 1.807) is 18.3 Å². The Kier molecular flexibility index (Phi) is 5.51. The Balaban J connectivity index is 2.13. The lowest BCUT2D eigenvalue weighted by molar-refractivity contribution is 0.263. The van der Waals surface area contributed by atoms with Gasteiger partial charge in [-0.3, -0.25) is 4.68 Å². The van der Waals surface area contributed by atoms with E-state index in [2.05, 4.69) is 24.3 Å². The molecule has 1 unspecified atom stereocenters. The zero-order valence-corrected chi connectivity index (χ0v) is 13.8. The molecular formula is C15H19Cl2N3O. The summed E-state index contributed by atoms with van der Waals surface area (Å²) < 4.78 is 7.72. The molecule has 2 aromatic rings. The van der Waals surface area contributed by atoms with Gasteiger partial charge >= 0.3 is 0 Å². The lowest BCUT2D eigenvalue weighted by Crippen LogP contribution is -2.27. The number of nitrogens with one attached hydrogen (secondary N) is 1. The average Bonchev–Trinajstić information content (AvgIpc) is 2.84. The smallest absolute Gasteiger partial charge is 0.119 e. The van der Waals surface area contributed by atoms with Crippen molar-refractivity contribution in [2.75, 3.05) is 13.7 Å². The summed E-state index contributed by atoms with van der Waals surface area (Å²) in [6, 6.07) is 7.48. The zero-order chi connectivity index (χ0) is 15.4. The van der Waals surface area contributed by atoms with Crippen molar-refractivity contribution >= 4 is 23.2 Å². The minimum absolute atomic E-state index is 0.0434. The van der Waals surface area contributed by atoms with Crippen LogP contribution in [0.2, 0.25) is 10.0 Å². The predicted molar refractivity (Wildman–Crippen MR) is 86.4 cm³/mol. The zero-order valence-electron chi connectivity index (χ0n) is 12.3. The van der Waals surface area contributed by atoms with Crippen LogP contribution in [0.1, 0.15) is 31.6 Å². The minimum atomic E-state index is -0.0434. The van der Waals surface area contributed by atoms with Crippen molar-refractivity contribution in [1.29, 1.82) is 0 Å². The number of halogens is 2. The van der Waals surface area contributed by atoms with E-state index in [0.29, 0.717) is 16.7 Å². The standard InChI is InChI=1S/C15H19Cl2N3O/c1-10(2)20-15(13(17)8-19-20)14(18-3)9-21-12-6-4-11(16)5-7-12/h4-8,10,14,18H,9H2,1-3H3. The predicted octanol–water partition coefficient (Wildman–Crippen LogP) is 4.11. The maximum Gasteiger partial charge on any atom is 0.119 e. The van der Waals surface area contributed by atoms with E-state index >= 15 is 0 Å². The number of benzene rings is 1. The third kappa shape index (κ3) is 3.90. The monoisotopic (exact) mass is 327 g/mol. The lowest BCUT2D eigenvalue weighted by Gasteiger charge is -2.21. The Hall–Kier alpha value is -1.23. The van der Waals surface area contributed by atoms with E-state index in [1.165, 1.54) is 0 Å². The van der Waals surface area contributed by atoms with Crippen LogP contribution in [0.4, 0.5) is 0 Å². The van der Waals surface area contributed by atoms with Gasteiger partial charge in [0.05, 0.1) is 23.0 Å². The molecule has 0 aliphatic carbocycles. The number of likely N-dealkylation sites (N-methyl/N-ethyl adjacent to an activating group) is 1. The highest BCUT2D eigenvalue weighted by atomic mass is 35.5. The van der Waals surface area contributed by atoms with Gasteiger partial charge < -0.3 is 10.1 Å². The summed E-state index contributed by atoms with van der Waals surface area (Å²) >= 11 is 12.1. The molecule has 0 aliphatic heterocycles. The van der Waals surface area contributed by atoms with Gasteiger partial charge in [-0.2, -0.15) is 5.10 Å². The highest BCUT2D eigenvalue weighted by molar-refractivity contribution is 6.31. The Morgan fingerprint density at radius 2 is 1.90 bits per heavy atom. The molecule has 21 heavy (non-hydrogen) atoms. The lowest BCUT2D eigenvalue weighted by atomic mass is 10.2. The van der Waals surface area contributed by atoms with Gasteiger partial charge in [0, 0.05) is 11.1 Å². The molecule has 0 amide bonds. The van der Waals surface area contributed by atoms with Crippen LogP contribution in [-0.4, -0.2) is 23.4 Å². The van der Waals surface area contributed by atoms with Gasteiger partial charge in [-0.05, 0) is 45.2 Å². The molecule has 0 radical (unpaired) electrons. The fraction of sp³-hybridized carbons (Fsp3) is 0.400. The molecule has 6 heteroatoms. The Bertz CT molecular complexity index is 581. The summed E-state index contributed by atoms with van der Waals surface area (Å²) in [5.41, 5.74) is 0.933. The first-order valence-electron chi connectivity index (χ1n) is 6.81. The summed E-state index contributed by atoms with van der Waals surface area (Å²) in [5.74, 6) is 0.770. The average molecular weight is 328 g/mol. The quantitative estimate of drug-likeness (QED) is 0.867. The van der Waals surface area contributed by atoms with Crippen molar-refractivity contribution in [2.45, 2.75) is 25.9 Å². The summed E-state index contributed by atoms with van der Waals surface area (Å²) in [6.45, 7) is 4.59. The summed E-state index contributed by atoms with van der Waals surface area (Å²) in [6.07, 6.45) is 1.67. The van der Waals surface area contributed by atoms with Gasteiger partial charge in [-0.1, -0.05) is 23.2 Å². The van der Waals surface area contributed by atoms with Gasteiger partial charge in [0.1, 0.15) is 12.4 Å². The first-order chi connectivity index (χ1) is 10.0. The molecule has 0 spiro atoms. The molecule has 4 nitrogen and oxygen atoms in total. The van der Waals surface area contributed by atoms with E-state index in [1.807, 2.05) is 23.9 Å². The van der Waals surface area contributed by atoms with Gasteiger partial charge in [0.2, 0.25) is 0 Å². The van der Waals surface area contributed by atoms with E-state index in [-0.39, 0.29) is 12.1 Å². The maximum absolute atomic E-state index is 6.27. The van der Waals surface area contributed by atoms with Gasteiger partial charge in [0.15, 0.2) is 0 Å². The molecule has 1 aromatic carbocycles. The fourth-order valence-electron chi connectivity index (χ4n) is 2.10. The summed E-state index contributed by atoms with van der Waals surface area (Å²) in [5, 5.41) is 8.88. The van der Waals surface area contributed by atoms with Crippen molar-refractivity contribution in [1.82, 2.24) is 15.1 Å². The number of hydrogen-bond donors (Lipinski definition) is 1. The number of nitrogens with zero attached hydrogens (tertiary/aromatic N) is 2. The largest absolute Gasteiger partial charge is 0.492 e. The molecule has 0 bridgehead atoms. The topological polar surface area (TPSA) is 39.1 Å². The second kappa shape index (κ2) is 7.16. The van der Waals surface area contributed by atoms with E-state index in [4.69, 9.17) is 27.9 Å². The molecule has 1 aromatic heterocycles. The van der Waals surface area contributed by atoms with Crippen LogP contribution in [-0.2, 0) is 0 Å². The number of ether oxygens (including phenoxy) is 1. The number of aromatic nitrogens is 2. The summed E-state index contributed by atoms with van der Waals surface area (Å²) in [4.78, 5) is 0. The van der Waals surface area contributed by atoms with Gasteiger partial charge in [-0.15, -0.1) is 0 Å². The Labute approximate surface area is 135 Å². The second-order valence-corrected chi connectivity index (χ2v) is 5.87. The van der Waals surface area contributed by atoms with Crippen molar-refractivity contribution in [3.05, 3.63) is 46.2 Å². The molecule has 2 rings (SSSR count). The first-order valence-corrected chi connectivity index (χ1v) is 7.57. The van der Waals surface area contributed by atoms with Crippen LogP contribution in [0.25, 0.3) is 0 Å². The molecule has 1 atom stereocenters. The van der Waals surface area contributed by atoms with Crippen molar-refractivity contribution in [3.63, 3.8) is 0 Å². The first kappa shape index (κ1) is 16.1. The SMILES string of the molecule is CNC(COc1ccc(Cl)cc1)c1c(Cl)cnn1C(C)C. The van der Waals surface area contributed by atoms with E-state index < -0.39 is 0 Å². The molecule has 0 saturated carbocycles. The van der Waals surface area contributed by atoms with Gasteiger partial charge in [-0.25, -0.2) is 0 Å². The fourth-order valence-corrected chi connectivity index (χ4v) is 2.49. The molecule has 1 N–H and O–H groups in total. The van der Waals surface area contributed by atoms with Crippen LogP contribution in [0.5, 0.6) is 5.75 Å².